The predicted octanol–water partition coefficient (Wildman–Crippen LogP) is 1.19. The summed E-state index contributed by atoms with van der Waals surface area (Å²) in [5, 5.41) is 42.2. The molecule has 13 heteroatoms. The maximum atomic E-state index is 13.6. The fraction of sp³-hybridized carbons (Fsp3) is 0.143. The summed E-state index contributed by atoms with van der Waals surface area (Å²) in [7, 11) is 0. The molecule has 0 aliphatic carbocycles. The van der Waals surface area contributed by atoms with Crippen LogP contribution in [0.5, 0.6) is 0 Å². The van der Waals surface area contributed by atoms with Gasteiger partial charge in [0.2, 0.25) is 5.56 Å². The lowest BCUT2D eigenvalue weighted by Gasteiger charge is -2.04. The van der Waals surface area contributed by atoms with Gasteiger partial charge in [0, 0.05) is 0 Å². The predicted molar refractivity (Wildman–Crippen MR) is 56.4 cm³/mol. The fourth-order valence-corrected chi connectivity index (χ4v) is 1.39. The third-order valence-electron chi connectivity index (χ3n) is 2.16. The molecule has 0 fully saturated rings. The molecule has 20 heavy (non-hydrogen) atoms. The third-order valence-corrected chi connectivity index (χ3v) is 2.16. The fourth-order valence-electron chi connectivity index (χ4n) is 1.39. The van der Waals surface area contributed by atoms with Crippen LogP contribution in [0.1, 0.15) is 11.7 Å². The zero-order valence-electron chi connectivity index (χ0n) is 9.16. The molecule has 0 aliphatic heterocycles. The summed E-state index contributed by atoms with van der Waals surface area (Å²) in [5.74, 6) is -1.77. The molecule has 12 nitrogen and oxygen atoms in total. The number of benzene rings is 1. The van der Waals surface area contributed by atoms with E-state index in [4.69, 9.17) is 0 Å². The SMILES string of the molecule is O=[N+]([O-])c1cc(F)c(C([N+](=O)[O-])[N+](=O)[O-])c([N+](=O)[O-])c1. The Bertz CT molecular complexity index is 617. The van der Waals surface area contributed by atoms with Crippen molar-refractivity contribution >= 4 is 11.4 Å². The van der Waals surface area contributed by atoms with Crippen LogP contribution >= 0.6 is 0 Å². The molecule has 0 unspecified atom stereocenters. The van der Waals surface area contributed by atoms with E-state index in [9.17, 15) is 44.8 Å². The van der Waals surface area contributed by atoms with E-state index in [0.717, 1.165) is 0 Å². The minimum atomic E-state index is -2.93. The number of nitro benzene ring substituents is 2. The van der Waals surface area contributed by atoms with Crippen LogP contribution in [0, 0.1) is 46.3 Å². The van der Waals surface area contributed by atoms with Crippen molar-refractivity contribution in [2.75, 3.05) is 0 Å². The van der Waals surface area contributed by atoms with Crippen LogP contribution in [0.4, 0.5) is 15.8 Å². The first-order chi connectivity index (χ1) is 9.16. The van der Waals surface area contributed by atoms with E-state index in [2.05, 4.69) is 0 Å². The molecular formula is C7H3FN4O8. The molecule has 0 atom stereocenters. The average Bonchev–Trinajstić information content (AvgIpc) is 2.29. The zero-order chi connectivity index (χ0) is 15.6. The molecule has 0 saturated heterocycles. The van der Waals surface area contributed by atoms with Gasteiger partial charge in [0.25, 0.3) is 11.4 Å². The van der Waals surface area contributed by atoms with Crippen LogP contribution in [0.2, 0.25) is 0 Å². The molecule has 1 aromatic rings. The van der Waals surface area contributed by atoms with Gasteiger partial charge >= 0.3 is 6.17 Å². The molecule has 1 rings (SSSR count). The number of nitrogens with zero attached hydrogens (tertiary/aromatic N) is 4. The van der Waals surface area contributed by atoms with Crippen LogP contribution in [0.3, 0.4) is 0 Å². The van der Waals surface area contributed by atoms with Crippen LogP contribution in [0.25, 0.3) is 0 Å². The van der Waals surface area contributed by atoms with Gasteiger partial charge in [-0.2, -0.15) is 0 Å². The topological polar surface area (TPSA) is 173 Å². The van der Waals surface area contributed by atoms with E-state index in [1.165, 1.54) is 0 Å². The molecule has 0 spiro atoms. The van der Waals surface area contributed by atoms with Crippen molar-refractivity contribution in [1.82, 2.24) is 0 Å². The second-order valence-corrected chi connectivity index (χ2v) is 3.32. The van der Waals surface area contributed by atoms with Crippen molar-refractivity contribution in [3.8, 4) is 0 Å². The van der Waals surface area contributed by atoms with Gasteiger partial charge in [0.1, 0.15) is 9.85 Å². The highest BCUT2D eigenvalue weighted by Crippen LogP contribution is 2.33. The van der Waals surface area contributed by atoms with Crippen molar-refractivity contribution in [1.29, 1.82) is 0 Å². The molecule has 1 aromatic carbocycles. The smallest absolute Gasteiger partial charge is 0.258 e. The van der Waals surface area contributed by atoms with Gasteiger partial charge in [-0.15, -0.1) is 0 Å². The maximum absolute atomic E-state index is 13.6. The summed E-state index contributed by atoms with van der Waals surface area (Å²) >= 11 is 0. The van der Waals surface area contributed by atoms with Crippen LogP contribution in [-0.4, -0.2) is 19.7 Å². The van der Waals surface area contributed by atoms with E-state index in [1.54, 1.807) is 0 Å². The first-order valence-electron chi connectivity index (χ1n) is 4.56. The largest absolute Gasteiger partial charge is 0.486 e. The first kappa shape index (κ1) is 14.8. The molecular weight excluding hydrogens is 287 g/mol. The van der Waals surface area contributed by atoms with Crippen LogP contribution in [-0.2, 0) is 0 Å². The van der Waals surface area contributed by atoms with E-state index in [1.807, 2.05) is 0 Å². The standard InChI is InChI=1S/C7H3FN4O8/c8-4-1-3(9(13)14)2-5(10(15)16)6(4)7(11(17)18)12(19)20/h1-2,7H. The Morgan fingerprint density at radius 1 is 0.900 bits per heavy atom. The molecule has 0 aromatic heterocycles. The lowest BCUT2D eigenvalue weighted by atomic mass is 10.1. The monoisotopic (exact) mass is 290 g/mol. The third kappa shape index (κ3) is 2.60. The lowest BCUT2D eigenvalue weighted by molar-refractivity contribution is -0.753. The Labute approximate surface area is 107 Å². The van der Waals surface area contributed by atoms with Gasteiger partial charge in [0.05, 0.1) is 22.0 Å². The second kappa shape index (κ2) is 5.17. The quantitative estimate of drug-likeness (QED) is 0.441. The van der Waals surface area contributed by atoms with Crippen LogP contribution < -0.4 is 0 Å². The number of hydrogen-bond donors (Lipinski definition) is 0. The van der Waals surface area contributed by atoms with E-state index >= 15 is 0 Å². The van der Waals surface area contributed by atoms with E-state index < -0.39 is 48.6 Å². The van der Waals surface area contributed by atoms with Crippen molar-refractivity contribution < 1.29 is 24.1 Å². The van der Waals surface area contributed by atoms with Crippen molar-refractivity contribution in [2.24, 2.45) is 0 Å². The van der Waals surface area contributed by atoms with Gasteiger partial charge < -0.3 is 0 Å². The van der Waals surface area contributed by atoms with Crippen molar-refractivity contribution in [3.05, 3.63) is 64.0 Å². The van der Waals surface area contributed by atoms with E-state index in [-0.39, 0.29) is 12.1 Å². The summed E-state index contributed by atoms with van der Waals surface area (Å²) in [4.78, 5) is 36.5. The summed E-state index contributed by atoms with van der Waals surface area (Å²) in [6.07, 6.45) is -2.93. The Balaban J connectivity index is 3.68. The minimum Gasteiger partial charge on any atom is -0.258 e. The average molecular weight is 290 g/mol. The molecule has 0 aliphatic rings. The normalized spacial score (nSPS) is 10.3. The Hall–Kier alpha value is -3.25. The highest BCUT2D eigenvalue weighted by Gasteiger charge is 2.45. The van der Waals surface area contributed by atoms with Crippen molar-refractivity contribution in [2.45, 2.75) is 6.17 Å². The number of hydrogen-bond acceptors (Lipinski definition) is 8. The molecule has 0 N–H and O–H groups in total. The molecule has 106 valence electrons. The van der Waals surface area contributed by atoms with Gasteiger partial charge in [0.15, 0.2) is 5.82 Å². The number of halogens is 1. The van der Waals surface area contributed by atoms with Gasteiger partial charge in [-0.05, 0) is 0 Å². The van der Waals surface area contributed by atoms with Gasteiger partial charge in [-0.1, -0.05) is 0 Å². The summed E-state index contributed by atoms with van der Waals surface area (Å²) in [5.41, 5.74) is -3.91. The summed E-state index contributed by atoms with van der Waals surface area (Å²) in [6.45, 7) is 0. The molecule has 0 heterocycles. The minimum absolute atomic E-state index is 0.141. The lowest BCUT2D eigenvalue weighted by Crippen LogP contribution is -2.22. The zero-order valence-corrected chi connectivity index (χ0v) is 9.16. The Kier molecular flexibility index (Phi) is 3.83. The van der Waals surface area contributed by atoms with Crippen LogP contribution in [0.15, 0.2) is 12.1 Å². The molecule has 0 bridgehead atoms. The maximum Gasteiger partial charge on any atom is 0.486 e. The van der Waals surface area contributed by atoms with Gasteiger partial charge in [-0.3, -0.25) is 40.5 Å². The van der Waals surface area contributed by atoms with E-state index in [0.29, 0.717) is 0 Å². The number of rotatable bonds is 5. The van der Waals surface area contributed by atoms with Crippen molar-refractivity contribution in [3.63, 3.8) is 0 Å². The Morgan fingerprint density at radius 2 is 1.40 bits per heavy atom. The van der Waals surface area contributed by atoms with Gasteiger partial charge in [-0.25, -0.2) is 4.39 Å². The highest BCUT2D eigenvalue weighted by atomic mass is 19.1. The second-order valence-electron chi connectivity index (χ2n) is 3.32. The number of nitro groups is 4. The Morgan fingerprint density at radius 3 is 1.75 bits per heavy atom. The summed E-state index contributed by atoms with van der Waals surface area (Å²) < 4.78 is 13.6. The molecule has 0 radical (unpaired) electrons. The molecule has 0 saturated carbocycles. The first-order valence-corrected chi connectivity index (χ1v) is 4.56. The summed E-state index contributed by atoms with van der Waals surface area (Å²) in [6, 6.07) is 0.362. The molecule has 0 amide bonds. The number of non-ortho nitro benzene ring substituents is 1. The highest BCUT2D eigenvalue weighted by molar-refractivity contribution is 5.50.